The zero-order valence-electron chi connectivity index (χ0n) is 8.27. The summed E-state index contributed by atoms with van der Waals surface area (Å²) in [6, 6.07) is 6.79. The average Bonchev–Trinajstić information content (AvgIpc) is 2.16. The molecular formula is C10H10BrNO4. The lowest BCUT2D eigenvalue weighted by Crippen LogP contribution is -2.28. The van der Waals surface area contributed by atoms with E-state index in [9.17, 15) is 9.59 Å². The Hall–Kier alpha value is -1.56. The van der Waals surface area contributed by atoms with Gasteiger partial charge in [0, 0.05) is 11.0 Å². The highest BCUT2D eigenvalue weighted by atomic mass is 79.9. The van der Waals surface area contributed by atoms with Gasteiger partial charge in [0.15, 0.2) is 0 Å². The largest absolute Gasteiger partial charge is 0.481 e. The molecule has 0 radical (unpaired) electrons. The van der Waals surface area contributed by atoms with E-state index in [1.807, 2.05) is 0 Å². The van der Waals surface area contributed by atoms with Crippen LogP contribution in [0, 0.1) is 0 Å². The summed E-state index contributed by atoms with van der Waals surface area (Å²) in [5.74, 6) is -0.579. The molecule has 0 fully saturated rings. The highest BCUT2D eigenvalue weighted by Crippen LogP contribution is 2.17. The van der Waals surface area contributed by atoms with Gasteiger partial charge in [-0.1, -0.05) is 22.0 Å². The number of rotatable bonds is 4. The number of aliphatic carboxylic acids is 1. The zero-order valence-corrected chi connectivity index (χ0v) is 9.86. The number of amides is 1. The van der Waals surface area contributed by atoms with Crippen LogP contribution in [0.5, 0.6) is 5.75 Å². The van der Waals surface area contributed by atoms with Crippen LogP contribution in [0.1, 0.15) is 6.42 Å². The maximum Gasteiger partial charge on any atom is 0.412 e. The molecule has 1 rings (SSSR count). The van der Waals surface area contributed by atoms with E-state index in [2.05, 4.69) is 21.2 Å². The molecule has 86 valence electrons. The van der Waals surface area contributed by atoms with Crippen LogP contribution in [0.2, 0.25) is 0 Å². The van der Waals surface area contributed by atoms with Crippen molar-refractivity contribution in [3.8, 4) is 5.75 Å². The van der Waals surface area contributed by atoms with E-state index in [1.165, 1.54) is 0 Å². The number of nitrogens with one attached hydrogen (secondary N) is 1. The second kappa shape index (κ2) is 6.12. The minimum atomic E-state index is -0.970. The fraction of sp³-hybridized carbons (Fsp3) is 0.200. The fourth-order valence-corrected chi connectivity index (χ4v) is 1.32. The molecule has 6 heteroatoms. The molecule has 2 N–H and O–H groups in total. The molecule has 1 aromatic rings. The van der Waals surface area contributed by atoms with Crippen LogP contribution >= 0.6 is 15.9 Å². The summed E-state index contributed by atoms with van der Waals surface area (Å²) in [4.78, 5) is 21.3. The molecule has 1 amide bonds. The van der Waals surface area contributed by atoms with Gasteiger partial charge in [-0.05, 0) is 18.2 Å². The van der Waals surface area contributed by atoms with Gasteiger partial charge in [-0.15, -0.1) is 0 Å². The first-order valence-corrected chi connectivity index (χ1v) is 5.30. The van der Waals surface area contributed by atoms with Crippen LogP contribution in [-0.2, 0) is 4.79 Å². The Balaban J connectivity index is 2.37. The van der Waals surface area contributed by atoms with Gasteiger partial charge < -0.3 is 15.2 Å². The van der Waals surface area contributed by atoms with Crippen LogP contribution < -0.4 is 10.1 Å². The number of hydrogen-bond donors (Lipinski definition) is 2. The topological polar surface area (TPSA) is 75.6 Å². The van der Waals surface area contributed by atoms with E-state index < -0.39 is 12.1 Å². The molecule has 0 aliphatic rings. The zero-order chi connectivity index (χ0) is 12.0. The number of halogens is 1. The van der Waals surface area contributed by atoms with E-state index in [0.29, 0.717) is 5.75 Å². The number of carbonyl (C=O) groups is 2. The van der Waals surface area contributed by atoms with E-state index in [4.69, 9.17) is 9.84 Å². The Bertz CT molecular complexity index is 394. The summed E-state index contributed by atoms with van der Waals surface area (Å²) in [6.45, 7) is 0.0438. The number of benzene rings is 1. The summed E-state index contributed by atoms with van der Waals surface area (Å²) in [5, 5.41) is 10.7. The molecule has 0 atom stereocenters. The number of carboxylic acids is 1. The van der Waals surface area contributed by atoms with Gasteiger partial charge in [-0.3, -0.25) is 4.79 Å². The van der Waals surface area contributed by atoms with E-state index in [-0.39, 0.29) is 13.0 Å². The van der Waals surface area contributed by atoms with Crippen molar-refractivity contribution in [2.24, 2.45) is 0 Å². The second-order valence-electron chi connectivity index (χ2n) is 2.92. The number of carbonyl (C=O) groups excluding carboxylic acids is 1. The van der Waals surface area contributed by atoms with E-state index in [0.717, 1.165) is 4.47 Å². The predicted molar refractivity (Wildman–Crippen MR) is 60.4 cm³/mol. The highest BCUT2D eigenvalue weighted by Gasteiger charge is 2.04. The van der Waals surface area contributed by atoms with Gasteiger partial charge in [-0.2, -0.15) is 0 Å². The van der Waals surface area contributed by atoms with E-state index >= 15 is 0 Å². The van der Waals surface area contributed by atoms with Gasteiger partial charge in [0.1, 0.15) is 5.75 Å². The molecule has 0 saturated heterocycles. The molecule has 5 nitrogen and oxygen atoms in total. The Kier molecular flexibility index (Phi) is 4.78. The number of hydrogen-bond acceptors (Lipinski definition) is 3. The maximum absolute atomic E-state index is 11.2. The van der Waals surface area contributed by atoms with Crippen molar-refractivity contribution in [1.82, 2.24) is 5.32 Å². The van der Waals surface area contributed by atoms with Crippen molar-refractivity contribution in [2.45, 2.75) is 6.42 Å². The molecule has 0 aromatic heterocycles. The maximum atomic E-state index is 11.2. The van der Waals surface area contributed by atoms with Gasteiger partial charge >= 0.3 is 12.1 Å². The molecule has 0 heterocycles. The summed E-state index contributed by atoms with van der Waals surface area (Å²) < 4.78 is 5.70. The van der Waals surface area contributed by atoms with Gasteiger partial charge in [0.25, 0.3) is 0 Å². The molecule has 1 aromatic carbocycles. The van der Waals surface area contributed by atoms with Crippen molar-refractivity contribution in [3.63, 3.8) is 0 Å². The van der Waals surface area contributed by atoms with Crippen molar-refractivity contribution < 1.29 is 19.4 Å². The minimum Gasteiger partial charge on any atom is -0.481 e. The van der Waals surface area contributed by atoms with Crippen molar-refractivity contribution in [2.75, 3.05) is 6.54 Å². The average molecular weight is 288 g/mol. The molecule has 0 bridgehead atoms. The molecule has 0 aliphatic heterocycles. The SMILES string of the molecule is O=C(O)CCNC(=O)Oc1cccc(Br)c1. The first-order chi connectivity index (χ1) is 7.58. The Labute approximate surface area is 101 Å². The number of carboxylic acid groups (broad SMARTS) is 1. The monoisotopic (exact) mass is 287 g/mol. The molecule has 16 heavy (non-hydrogen) atoms. The van der Waals surface area contributed by atoms with Crippen LogP contribution in [0.25, 0.3) is 0 Å². The highest BCUT2D eigenvalue weighted by molar-refractivity contribution is 9.10. The van der Waals surface area contributed by atoms with Crippen LogP contribution in [0.4, 0.5) is 4.79 Å². The molecule has 0 aliphatic carbocycles. The summed E-state index contributed by atoms with van der Waals surface area (Å²) >= 11 is 3.23. The first kappa shape index (κ1) is 12.5. The quantitative estimate of drug-likeness (QED) is 0.888. The van der Waals surface area contributed by atoms with Crippen molar-refractivity contribution in [1.29, 1.82) is 0 Å². The summed E-state index contributed by atoms with van der Waals surface area (Å²) in [7, 11) is 0. The van der Waals surface area contributed by atoms with Crippen LogP contribution in [-0.4, -0.2) is 23.7 Å². The van der Waals surface area contributed by atoms with Gasteiger partial charge in [-0.25, -0.2) is 4.79 Å². The first-order valence-electron chi connectivity index (χ1n) is 4.51. The second-order valence-corrected chi connectivity index (χ2v) is 3.83. The number of ether oxygens (including phenoxy) is 1. The lowest BCUT2D eigenvalue weighted by molar-refractivity contribution is -0.136. The third kappa shape index (κ3) is 4.79. The third-order valence-corrected chi connectivity index (χ3v) is 2.11. The smallest absolute Gasteiger partial charge is 0.412 e. The normalized spacial score (nSPS) is 9.56. The Morgan fingerprint density at radius 2 is 2.19 bits per heavy atom. The molecule has 0 saturated carbocycles. The predicted octanol–water partition coefficient (Wildman–Crippen LogP) is 2.01. The van der Waals surface area contributed by atoms with Crippen LogP contribution in [0.15, 0.2) is 28.7 Å². The summed E-state index contributed by atoms with van der Waals surface area (Å²) in [5.41, 5.74) is 0. The lowest BCUT2D eigenvalue weighted by atomic mass is 10.3. The van der Waals surface area contributed by atoms with Crippen molar-refractivity contribution in [3.05, 3.63) is 28.7 Å². The van der Waals surface area contributed by atoms with Crippen LogP contribution in [0.3, 0.4) is 0 Å². The molecule has 0 spiro atoms. The lowest BCUT2D eigenvalue weighted by Gasteiger charge is -2.05. The van der Waals surface area contributed by atoms with Crippen molar-refractivity contribution >= 4 is 28.0 Å². The molecular weight excluding hydrogens is 278 g/mol. The van der Waals surface area contributed by atoms with E-state index in [1.54, 1.807) is 24.3 Å². The third-order valence-electron chi connectivity index (χ3n) is 1.61. The summed E-state index contributed by atoms with van der Waals surface area (Å²) in [6.07, 6.45) is -0.799. The fourth-order valence-electron chi connectivity index (χ4n) is 0.945. The van der Waals surface area contributed by atoms with Gasteiger partial charge in [0.2, 0.25) is 0 Å². The molecule has 0 unspecified atom stereocenters. The Morgan fingerprint density at radius 1 is 1.44 bits per heavy atom. The minimum absolute atomic E-state index is 0.0438. The van der Waals surface area contributed by atoms with Gasteiger partial charge in [0.05, 0.1) is 6.42 Å². The standard InChI is InChI=1S/C10H10BrNO4/c11-7-2-1-3-8(6-7)16-10(15)12-5-4-9(13)14/h1-3,6H,4-5H2,(H,12,15)(H,13,14). The Morgan fingerprint density at radius 3 is 2.81 bits per heavy atom.